The van der Waals surface area contributed by atoms with Gasteiger partial charge in [0.25, 0.3) is 0 Å². The zero-order chi connectivity index (χ0) is 13.8. The Bertz CT molecular complexity index is 648. The van der Waals surface area contributed by atoms with E-state index in [1.165, 1.54) is 6.07 Å². The van der Waals surface area contributed by atoms with Gasteiger partial charge in [-0.15, -0.1) is 0 Å². The third kappa shape index (κ3) is 2.09. The van der Waals surface area contributed by atoms with E-state index in [4.69, 9.17) is 0 Å². The number of phenolic OH excluding ortho intramolecular Hbond substituents is 1. The summed E-state index contributed by atoms with van der Waals surface area (Å²) in [6, 6.07) is 6.82. The molecule has 0 saturated heterocycles. The predicted molar refractivity (Wildman–Crippen MR) is 76.2 cm³/mol. The summed E-state index contributed by atoms with van der Waals surface area (Å²) in [6.07, 6.45) is 2.14. The molecule has 3 rings (SSSR count). The van der Waals surface area contributed by atoms with E-state index in [0.717, 1.165) is 34.7 Å². The van der Waals surface area contributed by atoms with Crippen LogP contribution in [0.2, 0.25) is 0 Å². The first kappa shape index (κ1) is 12.5. The highest BCUT2D eigenvalue weighted by Crippen LogP contribution is 2.47. The molecule has 2 aromatic rings. The van der Waals surface area contributed by atoms with Gasteiger partial charge in [-0.25, -0.2) is 4.39 Å². The molecule has 0 aliphatic heterocycles. The maximum atomic E-state index is 14.2. The summed E-state index contributed by atoms with van der Waals surface area (Å²) >= 11 is 0. The van der Waals surface area contributed by atoms with E-state index < -0.39 is 0 Å². The van der Waals surface area contributed by atoms with Gasteiger partial charge in [-0.1, -0.05) is 26.8 Å². The minimum atomic E-state index is -0.117. The van der Waals surface area contributed by atoms with Gasteiger partial charge in [0, 0.05) is 0 Å². The van der Waals surface area contributed by atoms with Crippen molar-refractivity contribution in [2.24, 2.45) is 0 Å². The van der Waals surface area contributed by atoms with Crippen molar-refractivity contribution in [1.82, 2.24) is 0 Å². The second-order valence-corrected chi connectivity index (χ2v) is 6.58. The Hall–Kier alpha value is -1.57. The summed E-state index contributed by atoms with van der Waals surface area (Å²) < 4.78 is 14.2. The fourth-order valence-corrected chi connectivity index (χ4v) is 2.82. The minimum Gasteiger partial charge on any atom is -0.508 e. The number of halogens is 1. The van der Waals surface area contributed by atoms with Crippen LogP contribution >= 0.6 is 0 Å². The SMILES string of the molecule is CC(C)(C)c1cc(O)cc2ccc(F)c(C3CC3)c12. The monoisotopic (exact) mass is 258 g/mol. The number of aromatic hydroxyl groups is 1. The van der Waals surface area contributed by atoms with Gasteiger partial charge in [0.1, 0.15) is 11.6 Å². The summed E-state index contributed by atoms with van der Waals surface area (Å²) in [4.78, 5) is 0. The smallest absolute Gasteiger partial charge is 0.127 e. The maximum Gasteiger partial charge on any atom is 0.127 e. The van der Waals surface area contributed by atoms with Crippen molar-refractivity contribution in [1.29, 1.82) is 0 Å². The second-order valence-electron chi connectivity index (χ2n) is 6.58. The molecule has 1 aliphatic rings. The first-order valence-electron chi connectivity index (χ1n) is 6.83. The molecule has 0 heterocycles. The summed E-state index contributed by atoms with van der Waals surface area (Å²) in [6.45, 7) is 6.30. The van der Waals surface area contributed by atoms with E-state index in [2.05, 4.69) is 20.8 Å². The van der Waals surface area contributed by atoms with Crippen LogP contribution in [0.3, 0.4) is 0 Å². The molecule has 0 amide bonds. The molecular formula is C17H19FO. The highest BCUT2D eigenvalue weighted by atomic mass is 19.1. The third-order valence-electron chi connectivity index (χ3n) is 3.88. The van der Waals surface area contributed by atoms with Gasteiger partial charge >= 0.3 is 0 Å². The van der Waals surface area contributed by atoms with Crippen LogP contribution in [0.5, 0.6) is 5.75 Å². The molecular weight excluding hydrogens is 239 g/mol. The van der Waals surface area contributed by atoms with E-state index in [1.807, 2.05) is 0 Å². The largest absolute Gasteiger partial charge is 0.508 e. The molecule has 2 heteroatoms. The zero-order valence-electron chi connectivity index (χ0n) is 11.6. The molecule has 19 heavy (non-hydrogen) atoms. The molecule has 0 radical (unpaired) electrons. The fourth-order valence-electron chi connectivity index (χ4n) is 2.82. The van der Waals surface area contributed by atoms with Crippen molar-refractivity contribution in [3.05, 3.63) is 41.2 Å². The molecule has 2 aromatic carbocycles. The van der Waals surface area contributed by atoms with Crippen LogP contribution in [0.1, 0.15) is 50.7 Å². The van der Waals surface area contributed by atoms with Crippen molar-refractivity contribution in [2.45, 2.75) is 44.9 Å². The molecule has 1 N–H and O–H groups in total. The van der Waals surface area contributed by atoms with Crippen LogP contribution in [-0.4, -0.2) is 5.11 Å². The Morgan fingerprint density at radius 1 is 1.16 bits per heavy atom. The normalized spacial score (nSPS) is 16.0. The average Bonchev–Trinajstić information content (AvgIpc) is 3.11. The molecule has 1 fully saturated rings. The molecule has 100 valence electrons. The number of phenols is 1. The Labute approximate surface area is 113 Å². The van der Waals surface area contributed by atoms with Crippen LogP contribution in [-0.2, 0) is 5.41 Å². The van der Waals surface area contributed by atoms with Crippen molar-refractivity contribution in [3.8, 4) is 5.75 Å². The van der Waals surface area contributed by atoms with Crippen LogP contribution < -0.4 is 0 Å². The Balaban J connectivity index is 2.43. The van der Waals surface area contributed by atoms with Crippen LogP contribution in [0.15, 0.2) is 24.3 Å². The summed E-state index contributed by atoms with van der Waals surface area (Å²) in [5.41, 5.74) is 1.76. The lowest BCUT2D eigenvalue weighted by Crippen LogP contribution is -2.12. The standard InChI is InChI=1S/C17H19FO/c1-17(2,3)13-9-12(19)8-11-6-7-14(18)16(15(11)13)10-4-5-10/h6-10,19H,4-5H2,1-3H3. The average molecular weight is 258 g/mol. The van der Waals surface area contributed by atoms with Crippen molar-refractivity contribution >= 4 is 10.8 Å². The molecule has 0 spiro atoms. The van der Waals surface area contributed by atoms with Crippen LogP contribution in [0.4, 0.5) is 4.39 Å². The summed E-state index contributed by atoms with van der Waals surface area (Å²) in [5.74, 6) is 0.506. The molecule has 1 nitrogen and oxygen atoms in total. The number of benzene rings is 2. The number of hydrogen-bond donors (Lipinski definition) is 1. The van der Waals surface area contributed by atoms with Gasteiger partial charge in [-0.2, -0.15) is 0 Å². The molecule has 1 saturated carbocycles. The maximum absolute atomic E-state index is 14.2. The first-order valence-corrected chi connectivity index (χ1v) is 6.83. The Morgan fingerprint density at radius 2 is 1.84 bits per heavy atom. The molecule has 0 unspecified atom stereocenters. The highest BCUT2D eigenvalue weighted by molar-refractivity contribution is 5.92. The third-order valence-corrected chi connectivity index (χ3v) is 3.88. The summed E-state index contributed by atoms with van der Waals surface area (Å²) in [5, 5.41) is 11.8. The Morgan fingerprint density at radius 3 is 2.42 bits per heavy atom. The number of fused-ring (bicyclic) bond motifs is 1. The second kappa shape index (κ2) is 3.96. The van der Waals surface area contributed by atoms with Gasteiger partial charge in [0.15, 0.2) is 0 Å². The zero-order valence-corrected chi connectivity index (χ0v) is 11.6. The first-order chi connectivity index (χ1) is 8.88. The van der Waals surface area contributed by atoms with Gasteiger partial charge in [0.05, 0.1) is 0 Å². The minimum absolute atomic E-state index is 0.105. The molecule has 1 aliphatic carbocycles. The van der Waals surface area contributed by atoms with E-state index in [9.17, 15) is 9.50 Å². The lowest BCUT2D eigenvalue weighted by molar-refractivity contribution is 0.472. The predicted octanol–water partition coefficient (Wildman–Crippen LogP) is 4.86. The van der Waals surface area contributed by atoms with Gasteiger partial charge in [0.2, 0.25) is 0 Å². The molecule has 0 aromatic heterocycles. The topological polar surface area (TPSA) is 20.2 Å². The Kier molecular flexibility index (Phi) is 2.60. The highest BCUT2D eigenvalue weighted by Gasteiger charge is 2.31. The van der Waals surface area contributed by atoms with E-state index in [0.29, 0.717) is 5.92 Å². The number of hydrogen-bond acceptors (Lipinski definition) is 1. The number of rotatable bonds is 1. The quantitative estimate of drug-likeness (QED) is 0.774. The lowest BCUT2D eigenvalue weighted by atomic mass is 9.81. The van der Waals surface area contributed by atoms with E-state index in [1.54, 1.807) is 18.2 Å². The van der Waals surface area contributed by atoms with E-state index in [-0.39, 0.29) is 17.0 Å². The van der Waals surface area contributed by atoms with Gasteiger partial charge < -0.3 is 5.11 Å². The summed E-state index contributed by atoms with van der Waals surface area (Å²) in [7, 11) is 0. The van der Waals surface area contributed by atoms with Crippen molar-refractivity contribution in [3.63, 3.8) is 0 Å². The van der Waals surface area contributed by atoms with Crippen LogP contribution in [0.25, 0.3) is 10.8 Å². The fraction of sp³-hybridized carbons (Fsp3) is 0.412. The lowest BCUT2D eigenvalue weighted by Gasteiger charge is -2.23. The molecule has 0 atom stereocenters. The van der Waals surface area contributed by atoms with Gasteiger partial charge in [-0.05, 0) is 64.3 Å². The van der Waals surface area contributed by atoms with Crippen molar-refractivity contribution < 1.29 is 9.50 Å². The van der Waals surface area contributed by atoms with E-state index >= 15 is 0 Å². The van der Waals surface area contributed by atoms with Crippen LogP contribution in [0, 0.1) is 5.82 Å². The molecule has 0 bridgehead atoms. The van der Waals surface area contributed by atoms with Gasteiger partial charge in [-0.3, -0.25) is 0 Å². The van der Waals surface area contributed by atoms with Crippen molar-refractivity contribution in [2.75, 3.05) is 0 Å².